The van der Waals surface area contributed by atoms with Crippen LogP contribution in [0.3, 0.4) is 0 Å². The molecule has 0 radical (unpaired) electrons. The van der Waals surface area contributed by atoms with Gasteiger partial charge < -0.3 is 4.74 Å². The number of esters is 1. The van der Waals surface area contributed by atoms with Gasteiger partial charge >= 0.3 is 5.97 Å². The number of hydrogen-bond donors (Lipinski definition) is 1. The lowest BCUT2D eigenvalue weighted by Crippen LogP contribution is -2.45. The van der Waals surface area contributed by atoms with Crippen LogP contribution in [0.25, 0.3) is 0 Å². The summed E-state index contributed by atoms with van der Waals surface area (Å²) in [5.74, 6) is -0.648. The Labute approximate surface area is 163 Å². The fourth-order valence-corrected chi connectivity index (χ4v) is 3.90. The molecule has 0 fully saturated rings. The molecule has 0 spiro atoms. The predicted octanol–water partition coefficient (Wildman–Crippen LogP) is 1.78. The smallest absolute Gasteiger partial charge is 0.324 e. The van der Waals surface area contributed by atoms with E-state index in [0.717, 1.165) is 6.42 Å². The van der Waals surface area contributed by atoms with E-state index < -0.39 is 22.0 Å². The molecule has 2 rings (SSSR count). The fourth-order valence-electron chi connectivity index (χ4n) is 2.26. The van der Waals surface area contributed by atoms with Crippen LogP contribution >= 0.6 is 11.6 Å². The van der Waals surface area contributed by atoms with Crippen molar-refractivity contribution in [2.45, 2.75) is 51.3 Å². The van der Waals surface area contributed by atoms with Crippen LogP contribution in [0.2, 0.25) is 5.02 Å². The maximum atomic E-state index is 12.6. The molecule has 1 aromatic carbocycles. The van der Waals surface area contributed by atoms with Gasteiger partial charge in [0, 0.05) is 11.6 Å². The average Bonchev–Trinajstić information content (AvgIpc) is 3.05. The van der Waals surface area contributed by atoms with Gasteiger partial charge in [-0.1, -0.05) is 38.4 Å². The van der Waals surface area contributed by atoms with Gasteiger partial charge in [0.25, 0.3) is 0 Å². The Kier molecular flexibility index (Phi) is 7.28. The molecule has 0 unspecified atom stereocenters. The van der Waals surface area contributed by atoms with Crippen LogP contribution in [0.4, 0.5) is 0 Å². The molecule has 1 atom stereocenters. The van der Waals surface area contributed by atoms with E-state index in [1.54, 1.807) is 19.9 Å². The van der Waals surface area contributed by atoms with Crippen molar-refractivity contribution in [3.63, 3.8) is 0 Å². The van der Waals surface area contributed by atoms with E-state index in [4.69, 9.17) is 16.3 Å². The van der Waals surface area contributed by atoms with Crippen LogP contribution < -0.4 is 4.72 Å². The molecule has 1 heterocycles. The lowest BCUT2D eigenvalue weighted by Gasteiger charge is -2.20. The van der Waals surface area contributed by atoms with Crippen molar-refractivity contribution in [1.29, 1.82) is 0 Å². The Morgan fingerprint density at radius 3 is 2.74 bits per heavy atom. The zero-order valence-electron chi connectivity index (χ0n) is 15.3. The predicted molar refractivity (Wildman–Crippen MR) is 98.3 cm³/mol. The normalized spacial score (nSPS) is 12.9. The second-order valence-electron chi connectivity index (χ2n) is 6.23. The summed E-state index contributed by atoms with van der Waals surface area (Å²) in [6.07, 6.45) is 0.819. The Bertz CT molecular complexity index is 884. The van der Waals surface area contributed by atoms with Crippen LogP contribution in [0.15, 0.2) is 29.2 Å². The highest BCUT2D eigenvalue weighted by Gasteiger charge is 2.30. The maximum Gasteiger partial charge on any atom is 0.324 e. The second kappa shape index (κ2) is 9.25. The first-order valence-corrected chi connectivity index (χ1v) is 10.3. The summed E-state index contributed by atoms with van der Waals surface area (Å²) in [6.45, 7) is 5.85. The SMILES string of the molecule is CCCn1nnnc1COC(=O)[C@@H](NS(=O)(=O)c1cccc(Cl)c1)C(C)C. The average molecular weight is 416 g/mol. The van der Waals surface area contributed by atoms with Crippen molar-refractivity contribution >= 4 is 27.6 Å². The molecule has 0 aliphatic rings. The number of aromatic nitrogens is 4. The fraction of sp³-hybridized carbons (Fsp3) is 0.500. The molecule has 0 saturated carbocycles. The van der Waals surface area contributed by atoms with Crippen molar-refractivity contribution in [3.8, 4) is 0 Å². The summed E-state index contributed by atoms with van der Waals surface area (Å²) in [4.78, 5) is 12.4. The molecule has 1 N–H and O–H groups in total. The van der Waals surface area contributed by atoms with Gasteiger partial charge in [0.1, 0.15) is 6.04 Å². The van der Waals surface area contributed by atoms with Crippen LogP contribution in [-0.4, -0.2) is 40.6 Å². The Hall–Kier alpha value is -2.04. The van der Waals surface area contributed by atoms with E-state index in [9.17, 15) is 13.2 Å². The number of ether oxygens (including phenoxy) is 1. The zero-order chi connectivity index (χ0) is 20.0. The second-order valence-corrected chi connectivity index (χ2v) is 8.38. The van der Waals surface area contributed by atoms with Gasteiger partial charge in [-0.2, -0.15) is 4.72 Å². The first kappa shape index (κ1) is 21.3. The topological polar surface area (TPSA) is 116 Å². The van der Waals surface area contributed by atoms with E-state index in [0.29, 0.717) is 12.4 Å². The van der Waals surface area contributed by atoms with Crippen molar-refractivity contribution < 1.29 is 17.9 Å². The number of aryl methyl sites for hydroxylation is 1. The van der Waals surface area contributed by atoms with Crippen molar-refractivity contribution in [1.82, 2.24) is 24.9 Å². The lowest BCUT2D eigenvalue weighted by atomic mass is 10.1. The quantitative estimate of drug-likeness (QED) is 0.620. The van der Waals surface area contributed by atoms with Crippen molar-refractivity contribution in [2.24, 2.45) is 5.92 Å². The molecular formula is C16H22ClN5O4S. The summed E-state index contributed by atoms with van der Waals surface area (Å²) in [7, 11) is -3.94. The van der Waals surface area contributed by atoms with E-state index in [1.807, 2.05) is 6.92 Å². The maximum absolute atomic E-state index is 12.6. The molecule has 2 aromatic rings. The molecule has 9 nitrogen and oxygen atoms in total. The molecule has 148 valence electrons. The number of tetrazole rings is 1. The Morgan fingerprint density at radius 1 is 1.37 bits per heavy atom. The summed E-state index contributed by atoms with van der Waals surface area (Å²) >= 11 is 5.85. The molecule has 0 amide bonds. The number of hydrogen-bond acceptors (Lipinski definition) is 7. The highest BCUT2D eigenvalue weighted by molar-refractivity contribution is 7.89. The van der Waals surface area contributed by atoms with E-state index >= 15 is 0 Å². The molecule has 11 heteroatoms. The summed E-state index contributed by atoms with van der Waals surface area (Å²) in [5, 5.41) is 11.5. The third-order valence-electron chi connectivity index (χ3n) is 3.69. The molecule has 0 bridgehead atoms. The van der Waals surface area contributed by atoms with Crippen molar-refractivity contribution in [3.05, 3.63) is 35.1 Å². The molecule has 1 aromatic heterocycles. The number of nitrogens with one attached hydrogen (secondary N) is 1. The number of rotatable bonds is 9. The Balaban J connectivity index is 2.09. The monoisotopic (exact) mass is 415 g/mol. The molecule has 27 heavy (non-hydrogen) atoms. The van der Waals surface area contributed by atoms with Gasteiger partial charge in [-0.25, -0.2) is 13.1 Å². The van der Waals surface area contributed by atoms with Gasteiger partial charge in [-0.05, 0) is 41.0 Å². The zero-order valence-corrected chi connectivity index (χ0v) is 16.9. The lowest BCUT2D eigenvalue weighted by molar-refractivity contribution is -0.148. The number of carbonyl (C=O) groups is 1. The van der Waals surface area contributed by atoms with E-state index in [-0.39, 0.29) is 22.4 Å². The highest BCUT2D eigenvalue weighted by Crippen LogP contribution is 2.17. The standard InChI is InChI=1S/C16H22ClN5O4S/c1-4-8-22-14(18-20-21-22)10-26-16(23)15(11(2)3)19-27(24,25)13-7-5-6-12(17)9-13/h5-7,9,11,15,19H,4,8,10H2,1-3H3/t15-/m0/s1. The van der Waals surface area contributed by atoms with Gasteiger partial charge in [0.05, 0.1) is 4.90 Å². The molecule has 0 aliphatic carbocycles. The molecular weight excluding hydrogens is 394 g/mol. The number of sulfonamides is 1. The summed E-state index contributed by atoms with van der Waals surface area (Å²) in [6, 6.07) is 4.73. The third-order valence-corrected chi connectivity index (χ3v) is 5.37. The number of carbonyl (C=O) groups excluding carboxylic acids is 1. The van der Waals surface area contributed by atoms with Crippen LogP contribution in [0, 0.1) is 5.92 Å². The third kappa shape index (κ3) is 5.72. The Morgan fingerprint density at radius 2 is 2.11 bits per heavy atom. The largest absolute Gasteiger partial charge is 0.456 e. The van der Waals surface area contributed by atoms with Gasteiger partial charge in [-0.15, -0.1) is 5.10 Å². The minimum Gasteiger partial charge on any atom is -0.456 e. The van der Waals surface area contributed by atoms with Crippen molar-refractivity contribution in [2.75, 3.05) is 0 Å². The van der Waals surface area contributed by atoms with Crippen LogP contribution in [0.5, 0.6) is 0 Å². The van der Waals surface area contributed by atoms with Crippen LogP contribution in [0.1, 0.15) is 33.0 Å². The molecule has 0 saturated heterocycles. The number of benzene rings is 1. The molecule has 0 aliphatic heterocycles. The first-order chi connectivity index (χ1) is 12.7. The van der Waals surface area contributed by atoms with Gasteiger partial charge in [0.15, 0.2) is 12.4 Å². The minimum absolute atomic E-state index is 0.0275. The number of nitrogens with zero attached hydrogens (tertiary/aromatic N) is 4. The number of halogens is 1. The summed E-state index contributed by atoms with van der Waals surface area (Å²) < 4.78 is 34.3. The van der Waals surface area contributed by atoms with Gasteiger partial charge in [-0.3, -0.25) is 4.79 Å². The van der Waals surface area contributed by atoms with Crippen LogP contribution in [-0.2, 0) is 32.7 Å². The van der Waals surface area contributed by atoms with E-state index in [1.165, 1.54) is 22.9 Å². The summed E-state index contributed by atoms with van der Waals surface area (Å²) in [5.41, 5.74) is 0. The van der Waals surface area contributed by atoms with Gasteiger partial charge in [0.2, 0.25) is 10.0 Å². The highest BCUT2D eigenvalue weighted by atomic mass is 35.5. The minimum atomic E-state index is -3.94. The first-order valence-electron chi connectivity index (χ1n) is 8.44. The van der Waals surface area contributed by atoms with E-state index in [2.05, 4.69) is 20.2 Å².